The second-order valence-electron chi connectivity index (χ2n) is 4.62. The molecule has 0 aliphatic rings. The van der Waals surface area contributed by atoms with Gasteiger partial charge in [0.2, 0.25) is 0 Å². The number of nitrogens with zero attached hydrogens (tertiary/aromatic N) is 1. The lowest BCUT2D eigenvalue weighted by molar-refractivity contribution is 0.432. The van der Waals surface area contributed by atoms with E-state index in [1.807, 2.05) is 0 Å². The Hall–Kier alpha value is -3.09. The van der Waals surface area contributed by atoms with Crippen LogP contribution in [0.15, 0.2) is 42.5 Å². The van der Waals surface area contributed by atoms with E-state index >= 15 is 0 Å². The number of halogens is 2. The normalized spacial score (nSPS) is 10.6. The van der Waals surface area contributed by atoms with Gasteiger partial charge in [-0.1, -0.05) is 0 Å². The van der Waals surface area contributed by atoms with Crippen LogP contribution in [-0.2, 0) is 0 Å². The molecule has 1 heterocycles. The molecule has 3 rings (SSSR count). The van der Waals surface area contributed by atoms with Gasteiger partial charge in [0.25, 0.3) is 0 Å². The average Bonchev–Trinajstić information content (AvgIpc) is 2.93. The van der Waals surface area contributed by atoms with Gasteiger partial charge in [-0.2, -0.15) is 5.10 Å². The number of aromatic hydroxyl groups is 2. The third-order valence-corrected chi connectivity index (χ3v) is 3.05. The van der Waals surface area contributed by atoms with Crippen molar-refractivity contribution >= 4 is 11.5 Å². The summed E-state index contributed by atoms with van der Waals surface area (Å²) >= 11 is 0. The van der Waals surface area contributed by atoms with Gasteiger partial charge in [-0.3, -0.25) is 5.10 Å². The van der Waals surface area contributed by atoms with Crippen LogP contribution in [0.25, 0.3) is 11.3 Å². The fourth-order valence-electron chi connectivity index (χ4n) is 1.95. The first-order valence-electron chi connectivity index (χ1n) is 6.33. The average molecular weight is 303 g/mol. The van der Waals surface area contributed by atoms with E-state index in [0.717, 1.165) is 12.1 Å². The summed E-state index contributed by atoms with van der Waals surface area (Å²) in [5.41, 5.74) is 1.13. The highest BCUT2D eigenvalue weighted by Gasteiger charge is 2.09. The van der Waals surface area contributed by atoms with E-state index in [2.05, 4.69) is 15.5 Å². The summed E-state index contributed by atoms with van der Waals surface area (Å²) in [6, 6.07) is 9.18. The molecule has 0 atom stereocenters. The first-order valence-corrected chi connectivity index (χ1v) is 6.33. The van der Waals surface area contributed by atoms with Crippen LogP contribution >= 0.6 is 0 Å². The Balaban J connectivity index is 1.85. The molecular formula is C15H11F2N3O2. The number of rotatable bonds is 3. The molecule has 0 aliphatic heterocycles. The molecule has 0 radical (unpaired) electrons. The number of aromatic nitrogens is 2. The molecular weight excluding hydrogens is 292 g/mol. The summed E-state index contributed by atoms with van der Waals surface area (Å²) in [4.78, 5) is 0. The molecule has 3 aromatic rings. The minimum absolute atomic E-state index is 0.146. The van der Waals surface area contributed by atoms with Crippen LogP contribution in [0.3, 0.4) is 0 Å². The highest BCUT2D eigenvalue weighted by molar-refractivity contribution is 5.67. The summed E-state index contributed by atoms with van der Waals surface area (Å²) in [7, 11) is 0. The van der Waals surface area contributed by atoms with Crippen molar-refractivity contribution in [2.24, 2.45) is 0 Å². The van der Waals surface area contributed by atoms with Crippen molar-refractivity contribution in [3.63, 3.8) is 0 Å². The van der Waals surface area contributed by atoms with E-state index in [9.17, 15) is 8.78 Å². The van der Waals surface area contributed by atoms with E-state index in [1.165, 1.54) is 24.3 Å². The number of anilines is 2. The minimum atomic E-state index is -0.744. The predicted molar refractivity (Wildman–Crippen MR) is 77.0 cm³/mol. The Labute approximate surface area is 123 Å². The van der Waals surface area contributed by atoms with Gasteiger partial charge in [0, 0.05) is 17.7 Å². The van der Waals surface area contributed by atoms with Gasteiger partial charge in [-0.05, 0) is 30.3 Å². The highest BCUT2D eigenvalue weighted by atomic mass is 19.1. The van der Waals surface area contributed by atoms with Crippen molar-refractivity contribution in [3.8, 4) is 22.8 Å². The van der Waals surface area contributed by atoms with Crippen molar-refractivity contribution in [1.29, 1.82) is 0 Å². The Morgan fingerprint density at radius 3 is 2.50 bits per heavy atom. The maximum Gasteiger partial charge on any atom is 0.165 e. The van der Waals surface area contributed by atoms with Crippen LogP contribution in [-0.4, -0.2) is 20.4 Å². The molecule has 0 saturated heterocycles. The van der Waals surface area contributed by atoms with E-state index in [0.29, 0.717) is 17.1 Å². The summed E-state index contributed by atoms with van der Waals surface area (Å²) in [5, 5.41) is 27.7. The molecule has 4 N–H and O–H groups in total. The fraction of sp³-hybridized carbons (Fsp3) is 0. The lowest BCUT2D eigenvalue weighted by Gasteiger charge is -2.04. The van der Waals surface area contributed by atoms with Crippen LogP contribution in [0.5, 0.6) is 11.5 Å². The number of benzene rings is 2. The summed E-state index contributed by atoms with van der Waals surface area (Å²) in [6.45, 7) is 0. The number of phenols is 2. The third kappa shape index (κ3) is 2.69. The van der Waals surface area contributed by atoms with Gasteiger partial charge in [-0.15, -0.1) is 0 Å². The van der Waals surface area contributed by atoms with E-state index in [-0.39, 0.29) is 11.4 Å². The Bertz CT molecular complexity index is 833. The predicted octanol–water partition coefficient (Wildman–Crippen LogP) is 3.51. The molecule has 22 heavy (non-hydrogen) atoms. The molecule has 1 aromatic heterocycles. The number of hydrogen-bond donors (Lipinski definition) is 4. The number of H-pyrrole nitrogens is 1. The van der Waals surface area contributed by atoms with Gasteiger partial charge in [0.15, 0.2) is 17.4 Å². The summed E-state index contributed by atoms with van der Waals surface area (Å²) < 4.78 is 27.0. The molecule has 0 bridgehead atoms. The second-order valence-corrected chi connectivity index (χ2v) is 4.62. The SMILES string of the molecule is Oc1ccc(Nc2cc(-c3ccc(O)c(F)c3)[nH]n2)c(F)c1. The molecule has 112 valence electrons. The topological polar surface area (TPSA) is 81.2 Å². The Morgan fingerprint density at radius 1 is 0.955 bits per heavy atom. The maximum atomic E-state index is 13.6. The summed E-state index contributed by atoms with van der Waals surface area (Å²) in [6.07, 6.45) is 0. The third-order valence-electron chi connectivity index (χ3n) is 3.05. The number of hydrogen-bond acceptors (Lipinski definition) is 4. The number of aromatic amines is 1. The van der Waals surface area contributed by atoms with Crippen LogP contribution in [0.4, 0.5) is 20.3 Å². The smallest absolute Gasteiger partial charge is 0.165 e. The van der Waals surface area contributed by atoms with Gasteiger partial charge in [-0.25, -0.2) is 8.78 Å². The van der Waals surface area contributed by atoms with Crippen molar-refractivity contribution in [1.82, 2.24) is 10.2 Å². The fourth-order valence-corrected chi connectivity index (χ4v) is 1.95. The Kier molecular flexibility index (Phi) is 3.38. The van der Waals surface area contributed by atoms with Crippen LogP contribution in [0.2, 0.25) is 0 Å². The molecule has 0 unspecified atom stereocenters. The molecule has 0 spiro atoms. The van der Waals surface area contributed by atoms with Gasteiger partial charge in [0.1, 0.15) is 11.6 Å². The molecule has 5 nitrogen and oxygen atoms in total. The largest absolute Gasteiger partial charge is 0.508 e. The molecule has 0 fully saturated rings. The van der Waals surface area contributed by atoms with Crippen molar-refractivity contribution in [2.45, 2.75) is 0 Å². The van der Waals surface area contributed by atoms with E-state index in [4.69, 9.17) is 10.2 Å². The minimum Gasteiger partial charge on any atom is -0.508 e. The molecule has 2 aromatic carbocycles. The zero-order valence-corrected chi connectivity index (χ0v) is 11.1. The van der Waals surface area contributed by atoms with Crippen molar-refractivity contribution in [2.75, 3.05) is 5.32 Å². The zero-order chi connectivity index (χ0) is 15.7. The highest BCUT2D eigenvalue weighted by Crippen LogP contribution is 2.27. The van der Waals surface area contributed by atoms with Crippen LogP contribution < -0.4 is 5.32 Å². The second kappa shape index (κ2) is 5.36. The molecule has 7 heteroatoms. The lowest BCUT2D eigenvalue weighted by atomic mass is 10.1. The molecule has 0 saturated carbocycles. The summed E-state index contributed by atoms with van der Waals surface area (Å²) in [5.74, 6) is -1.65. The van der Waals surface area contributed by atoms with Gasteiger partial charge >= 0.3 is 0 Å². The lowest BCUT2D eigenvalue weighted by Crippen LogP contribution is -1.93. The Morgan fingerprint density at radius 2 is 1.77 bits per heavy atom. The van der Waals surface area contributed by atoms with E-state index < -0.39 is 17.4 Å². The monoisotopic (exact) mass is 303 g/mol. The first kappa shape index (κ1) is 13.9. The van der Waals surface area contributed by atoms with Crippen molar-refractivity contribution < 1.29 is 19.0 Å². The quantitative estimate of drug-likeness (QED) is 0.558. The molecule has 0 amide bonds. The standard InChI is InChI=1S/C15H11F2N3O2/c16-10-6-9(21)2-3-12(10)18-15-7-13(19-20-15)8-1-4-14(22)11(17)5-8/h1-7,21-22H,(H2,18,19,20). The number of nitrogens with one attached hydrogen (secondary N) is 2. The van der Waals surface area contributed by atoms with Crippen LogP contribution in [0, 0.1) is 11.6 Å². The zero-order valence-electron chi connectivity index (χ0n) is 11.1. The van der Waals surface area contributed by atoms with E-state index in [1.54, 1.807) is 6.07 Å². The van der Waals surface area contributed by atoms with Gasteiger partial charge in [0.05, 0.1) is 11.4 Å². The maximum absolute atomic E-state index is 13.6. The number of phenolic OH excluding ortho intramolecular Hbond substituents is 2. The molecule has 0 aliphatic carbocycles. The van der Waals surface area contributed by atoms with Gasteiger partial charge < -0.3 is 15.5 Å². The van der Waals surface area contributed by atoms with Crippen LogP contribution in [0.1, 0.15) is 0 Å². The van der Waals surface area contributed by atoms with Crippen molar-refractivity contribution in [3.05, 3.63) is 54.1 Å². The first-order chi connectivity index (χ1) is 10.5.